The van der Waals surface area contributed by atoms with Crippen LogP contribution in [0.2, 0.25) is 0 Å². The number of hydrogen-bond acceptors (Lipinski definition) is 5. The largest absolute Gasteiger partial charge is 0.465 e. The highest BCUT2D eigenvalue weighted by atomic mass is 16.5. The van der Waals surface area contributed by atoms with Crippen molar-refractivity contribution in [1.29, 1.82) is 0 Å². The topological polar surface area (TPSA) is 61.3 Å². The Morgan fingerprint density at radius 3 is 2.57 bits per heavy atom. The van der Waals surface area contributed by atoms with E-state index in [0.29, 0.717) is 11.3 Å². The van der Waals surface area contributed by atoms with E-state index in [4.69, 9.17) is 9.47 Å². The minimum atomic E-state index is -0.468. The molecule has 0 aliphatic rings. The van der Waals surface area contributed by atoms with E-state index in [2.05, 4.69) is 9.97 Å². The van der Waals surface area contributed by atoms with Crippen molar-refractivity contribution >= 4 is 5.97 Å². The maximum atomic E-state index is 11.9. The van der Waals surface area contributed by atoms with Crippen LogP contribution in [-0.2, 0) is 4.74 Å². The molecule has 21 heavy (non-hydrogen) atoms. The maximum absolute atomic E-state index is 11.9. The molecule has 0 fully saturated rings. The second-order valence-electron chi connectivity index (χ2n) is 4.89. The summed E-state index contributed by atoms with van der Waals surface area (Å²) in [5.41, 5.74) is 2.71. The van der Waals surface area contributed by atoms with Crippen molar-refractivity contribution in [3.8, 4) is 17.3 Å². The van der Waals surface area contributed by atoms with Crippen LogP contribution >= 0.6 is 0 Å². The van der Waals surface area contributed by atoms with E-state index in [1.807, 2.05) is 45.0 Å². The van der Waals surface area contributed by atoms with Crippen molar-refractivity contribution in [1.82, 2.24) is 9.97 Å². The smallest absolute Gasteiger partial charge is 0.341 e. The van der Waals surface area contributed by atoms with Crippen molar-refractivity contribution in [2.24, 2.45) is 0 Å². The first-order chi connectivity index (χ1) is 10.0. The summed E-state index contributed by atoms with van der Waals surface area (Å²) in [4.78, 5) is 20.4. The molecular formula is C16H18N2O3. The summed E-state index contributed by atoms with van der Waals surface area (Å²) in [7, 11) is 1.34. The van der Waals surface area contributed by atoms with Crippen LogP contribution in [0.4, 0.5) is 0 Å². The number of nitrogens with zero attached hydrogens (tertiary/aromatic N) is 2. The molecule has 0 aliphatic carbocycles. The van der Waals surface area contributed by atoms with E-state index in [1.165, 1.54) is 13.3 Å². The molecular weight excluding hydrogens is 268 g/mol. The molecule has 0 amide bonds. The van der Waals surface area contributed by atoms with Crippen LogP contribution in [0.5, 0.6) is 6.01 Å². The summed E-state index contributed by atoms with van der Waals surface area (Å²) in [6.45, 7) is 5.75. The van der Waals surface area contributed by atoms with Crippen LogP contribution in [0.15, 0.2) is 30.5 Å². The standard InChI is InChI=1S/C16H18N2O3/c1-10(2)21-16-17-9-13(15(19)20-4)14(18-16)12-8-6-5-7-11(12)3/h5-10H,1-4H3. The number of rotatable bonds is 4. The van der Waals surface area contributed by atoms with Gasteiger partial charge in [0.15, 0.2) is 0 Å². The average molecular weight is 286 g/mol. The second kappa shape index (κ2) is 6.35. The normalized spacial score (nSPS) is 10.5. The summed E-state index contributed by atoms with van der Waals surface area (Å²) in [5.74, 6) is -0.468. The van der Waals surface area contributed by atoms with Crippen molar-refractivity contribution < 1.29 is 14.3 Å². The van der Waals surface area contributed by atoms with Crippen LogP contribution in [0.1, 0.15) is 29.8 Å². The quantitative estimate of drug-likeness (QED) is 0.808. The van der Waals surface area contributed by atoms with Crippen LogP contribution < -0.4 is 4.74 Å². The Hall–Kier alpha value is -2.43. The van der Waals surface area contributed by atoms with Crippen LogP contribution in [-0.4, -0.2) is 29.2 Å². The summed E-state index contributed by atoms with van der Waals surface area (Å²) in [6.07, 6.45) is 1.40. The van der Waals surface area contributed by atoms with Gasteiger partial charge < -0.3 is 9.47 Å². The number of aryl methyl sites for hydroxylation is 1. The number of benzene rings is 1. The van der Waals surface area contributed by atoms with E-state index in [-0.39, 0.29) is 12.1 Å². The van der Waals surface area contributed by atoms with Gasteiger partial charge in [0, 0.05) is 11.8 Å². The Kier molecular flexibility index (Phi) is 4.52. The van der Waals surface area contributed by atoms with E-state index in [1.54, 1.807) is 0 Å². The first-order valence-corrected chi connectivity index (χ1v) is 6.71. The zero-order chi connectivity index (χ0) is 15.4. The lowest BCUT2D eigenvalue weighted by Crippen LogP contribution is -2.12. The monoisotopic (exact) mass is 286 g/mol. The molecule has 2 rings (SSSR count). The second-order valence-corrected chi connectivity index (χ2v) is 4.89. The summed E-state index contributed by atoms with van der Waals surface area (Å²) >= 11 is 0. The first kappa shape index (κ1) is 15.0. The number of esters is 1. The summed E-state index contributed by atoms with van der Waals surface area (Å²) in [6, 6.07) is 7.94. The fourth-order valence-electron chi connectivity index (χ4n) is 1.94. The van der Waals surface area contributed by atoms with Crippen LogP contribution in [0.3, 0.4) is 0 Å². The lowest BCUT2D eigenvalue weighted by atomic mass is 10.0. The van der Waals surface area contributed by atoms with Crippen LogP contribution in [0.25, 0.3) is 11.3 Å². The van der Waals surface area contributed by atoms with Gasteiger partial charge >= 0.3 is 12.0 Å². The highest BCUT2D eigenvalue weighted by Crippen LogP contribution is 2.26. The third-order valence-corrected chi connectivity index (χ3v) is 2.91. The van der Waals surface area contributed by atoms with Gasteiger partial charge in [0.2, 0.25) is 0 Å². The van der Waals surface area contributed by atoms with Gasteiger partial charge in [-0.2, -0.15) is 4.98 Å². The van der Waals surface area contributed by atoms with Crippen LogP contribution in [0, 0.1) is 6.92 Å². The molecule has 2 aromatic rings. The molecule has 0 unspecified atom stereocenters. The molecule has 0 atom stereocenters. The van der Waals surface area contributed by atoms with Gasteiger partial charge in [-0.25, -0.2) is 9.78 Å². The minimum absolute atomic E-state index is 0.0429. The summed E-state index contributed by atoms with van der Waals surface area (Å²) < 4.78 is 10.3. The lowest BCUT2D eigenvalue weighted by Gasteiger charge is -2.12. The number of methoxy groups -OCH3 is 1. The molecule has 1 heterocycles. The molecule has 5 heteroatoms. The molecule has 0 spiro atoms. The molecule has 5 nitrogen and oxygen atoms in total. The zero-order valence-electron chi connectivity index (χ0n) is 12.6. The Balaban J connectivity index is 2.58. The number of hydrogen-bond donors (Lipinski definition) is 0. The van der Waals surface area contributed by atoms with Gasteiger partial charge in [-0.3, -0.25) is 0 Å². The molecule has 1 aromatic heterocycles. The molecule has 0 saturated carbocycles. The van der Waals surface area contributed by atoms with Gasteiger partial charge in [0.05, 0.1) is 18.9 Å². The molecule has 0 radical (unpaired) electrons. The predicted octanol–water partition coefficient (Wildman–Crippen LogP) is 3.03. The number of carbonyl (C=O) groups excluding carboxylic acids is 1. The van der Waals surface area contributed by atoms with Gasteiger partial charge in [0.1, 0.15) is 5.56 Å². The average Bonchev–Trinajstić information content (AvgIpc) is 2.46. The zero-order valence-corrected chi connectivity index (χ0v) is 12.6. The van der Waals surface area contributed by atoms with Gasteiger partial charge in [-0.05, 0) is 26.3 Å². The van der Waals surface area contributed by atoms with Gasteiger partial charge in [-0.1, -0.05) is 24.3 Å². The Morgan fingerprint density at radius 2 is 1.95 bits per heavy atom. The lowest BCUT2D eigenvalue weighted by molar-refractivity contribution is 0.0600. The van der Waals surface area contributed by atoms with Crippen molar-refractivity contribution in [2.45, 2.75) is 26.9 Å². The molecule has 0 bridgehead atoms. The van der Waals surface area contributed by atoms with E-state index in [0.717, 1.165) is 11.1 Å². The summed E-state index contributed by atoms with van der Waals surface area (Å²) in [5, 5.41) is 0. The fraction of sp³-hybridized carbons (Fsp3) is 0.312. The van der Waals surface area contributed by atoms with Gasteiger partial charge in [0.25, 0.3) is 0 Å². The van der Waals surface area contributed by atoms with E-state index < -0.39 is 5.97 Å². The molecule has 0 N–H and O–H groups in total. The SMILES string of the molecule is COC(=O)c1cnc(OC(C)C)nc1-c1ccccc1C. The Morgan fingerprint density at radius 1 is 1.24 bits per heavy atom. The van der Waals surface area contributed by atoms with E-state index in [9.17, 15) is 4.79 Å². The molecule has 0 saturated heterocycles. The number of ether oxygens (including phenoxy) is 2. The fourth-order valence-corrected chi connectivity index (χ4v) is 1.94. The maximum Gasteiger partial charge on any atom is 0.341 e. The predicted molar refractivity (Wildman–Crippen MR) is 79.3 cm³/mol. The highest BCUT2D eigenvalue weighted by Gasteiger charge is 2.18. The van der Waals surface area contributed by atoms with Gasteiger partial charge in [-0.15, -0.1) is 0 Å². The molecule has 0 aliphatic heterocycles. The third-order valence-electron chi connectivity index (χ3n) is 2.91. The number of aromatic nitrogens is 2. The number of carbonyl (C=O) groups is 1. The molecule has 1 aromatic carbocycles. The first-order valence-electron chi connectivity index (χ1n) is 6.71. The Labute approximate surface area is 124 Å². The van der Waals surface area contributed by atoms with Crippen molar-refractivity contribution in [3.05, 3.63) is 41.6 Å². The van der Waals surface area contributed by atoms with E-state index >= 15 is 0 Å². The van der Waals surface area contributed by atoms with Crippen molar-refractivity contribution in [3.63, 3.8) is 0 Å². The highest BCUT2D eigenvalue weighted by molar-refractivity contribution is 5.96. The Bertz CT molecular complexity index is 654. The third kappa shape index (κ3) is 3.37. The van der Waals surface area contributed by atoms with Crippen molar-refractivity contribution in [2.75, 3.05) is 7.11 Å². The molecule has 110 valence electrons. The minimum Gasteiger partial charge on any atom is -0.465 e.